The van der Waals surface area contributed by atoms with Crippen LogP contribution in [0.15, 0.2) is 72.6 Å². The highest BCUT2D eigenvalue weighted by molar-refractivity contribution is 6.37. The zero-order chi connectivity index (χ0) is 28.1. The molecule has 1 atom stereocenters. The van der Waals surface area contributed by atoms with Crippen molar-refractivity contribution in [1.29, 1.82) is 5.26 Å². The normalized spacial score (nSPS) is 14.0. The highest BCUT2D eigenvalue weighted by atomic mass is 35.5. The second-order valence-corrected chi connectivity index (χ2v) is 9.04. The zero-order valence-electron chi connectivity index (χ0n) is 21.1. The fraction of sp³-hybridized carbons (Fsp3) is 0.172. The molecule has 1 aliphatic rings. The average Bonchev–Trinajstić information content (AvgIpc) is 2.92. The third-order valence-corrected chi connectivity index (χ3v) is 6.36. The number of esters is 1. The fourth-order valence-corrected chi connectivity index (χ4v) is 4.70. The summed E-state index contributed by atoms with van der Waals surface area (Å²) >= 11 is 12.5. The lowest BCUT2D eigenvalue weighted by molar-refractivity contribution is 0.0734. The molecule has 0 amide bonds. The SMILES string of the molecule is C=CCOc1ccc(C2C(C#N)=C(N)Oc3cc(OC(=O)c4cc(Cl)c(OCC)c(Cl)c4)ccc32)cc1OC. The number of benzene rings is 3. The second-order valence-electron chi connectivity index (χ2n) is 8.23. The van der Waals surface area contributed by atoms with E-state index in [2.05, 4.69) is 12.6 Å². The second kappa shape index (κ2) is 12.0. The van der Waals surface area contributed by atoms with Gasteiger partial charge in [0.1, 0.15) is 29.7 Å². The molecule has 0 bridgehead atoms. The van der Waals surface area contributed by atoms with Crippen molar-refractivity contribution in [3.63, 3.8) is 0 Å². The largest absolute Gasteiger partial charge is 0.493 e. The molecule has 0 saturated heterocycles. The number of carbonyl (C=O) groups excluding carboxylic acids is 1. The topological polar surface area (TPSA) is 113 Å². The number of allylic oxidation sites excluding steroid dienone is 1. The Labute approximate surface area is 235 Å². The van der Waals surface area contributed by atoms with Gasteiger partial charge < -0.3 is 29.4 Å². The minimum atomic E-state index is -0.685. The number of nitrogens with zero attached hydrogens (tertiary/aromatic N) is 1. The molecule has 1 heterocycles. The van der Waals surface area contributed by atoms with Crippen LogP contribution in [0.3, 0.4) is 0 Å². The summed E-state index contributed by atoms with van der Waals surface area (Å²) in [4.78, 5) is 12.9. The minimum absolute atomic E-state index is 0.0606. The molecule has 3 aromatic carbocycles. The van der Waals surface area contributed by atoms with Gasteiger partial charge in [-0.05, 0) is 42.8 Å². The van der Waals surface area contributed by atoms with Gasteiger partial charge in [-0.1, -0.05) is 48.0 Å². The molecule has 8 nitrogen and oxygen atoms in total. The Kier molecular flexibility index (Phi) is 8.55. The van der Waals surface area contributed by atoms with Gasteiger partial charge in [-0.3, -0.25) is 0 Å². The van der Waals surface area contributed by atoms with Crippen molar-refractivity contribution in [1.82, 2.24) is 0 Å². The smallest absolute Gasteiger partial charge is 0.343 e. The predicted molar refractivity (Wildman–Crippen MR) is 147 cm³/mol. The lowest BCUT2D eigenvalue weighted by atomic mass is 9.83. The number of hydrogen-bond donors (Lipinski definition) is 1. The first-order chi connectivity index (χ1) is 18.8. The van der Waals surface area contributed by atoms with Crippen LogP contribution in [0.2, 0.25) is 10.0 Å². The van der Waals surface area contributed by atoms with E-state index in [9.17, 15) is 10.1 Å². The Morgan fingerprint density at radius 2 is 1.87 bits per heavy atom. The molecule has 2 N–H and O–H groups in total. The average molecular weight is 567 g/mol. The fourth-order valence-electron chi connectivity index (χ4n) is 4.10. The van der Waals surface area contributed by atoms with E-state index in [4.69, 9.17) is 52.6 Å². The third-order valence-electron chi connectivity index (χ3n) is 5.80. The molecule has 0 aromatic heterocycles. The summed E-state index contributed by atoms with van der Waals surface area (Å²) in [6, 6.07) is 15.2. The maximum absolute atomic E-state index is 12.9. The molecule has 39 heavy (non-hydrogen) atoms. The molecule has 0 aliphatic carbocycles. The first kappa shape index (κ1) is 27.7. The van der Waals surface area contributed by atoms with E-state index in [0.717, 1.165) is 5.56 Å². The Morgan fingerprint density at radius 3 is 2.51 bits per heavy atom. The highest BCUT2D eigenvalue weighted by Gasteiger charge is 2.32. The monoisotopic (exact) mass is 566 g/mol. The van der Waals surface area contributed by atoms with Crippen LogP contribution < -0.4 is 29.4 Å². The van der Waals surface area contributed by atoms with Gasteiger partial charge in [-0.15, -0.1) is 0 Å². The van der Waals surface area contributed by atoms with Crippen molar-refractivity contribution < 1.29 is 28.5 Å². The van der Waals surface area contributed by atoms with Gasteiger partial charge in [-0.2, -0.15) is 5.26 Å². The van der Waals surface area contributed by atoms with E-state index in [1.54, 1.807) is 37.3 Å². The van der Waals surface area contributed by atoms with E-state index in [1.165, 1.54) is 25.3 Å². The first-order valence-corrected chi connectivity index (χ1v) is 12.5. The molecule has 1 unspecified atom stereocenters. The lowest BCUT2D eigenvalue weighted by Gasteiger charge is -2.27. The number of methoxy groups -OCH3 is 1. The summed E-state index contributed by atoms with van der Waals surface area (Å²) in [5.74, 6) is 0.516. The zero-order valence-corrected chi connectivity index (χ0v) is 22.6. The molecule has 4 rings (SSSR count). The number of fused-ring (bicyclic) bond motifs is 1. The lowest BCUT2D eigenvalue weighted by Crippen LogP contribution is -2.21. The summed E-state index contributed by atoms with van der Waals surface area (Å²) in [7, 11) is 1.53. The Bertz CT molecular complexity index is 1490. The van der Waals surface area contributed by atoms with E-state index in [-0.39, 0.29) is 38.6 Å². The van der Waals surface area contributed by atoms with E-state index >= 15 is 0 Å². The minimum Gasteiger partial charge on any atom is -0.493 e. The Balaban J connectivity index is 1.66. The molecule has 0 spiro atoms. The van der Waals surface area contributed by atoms with Crippen LogP contribution in [0.4, 0.5) is 0 Å². The maximum atomic E-state index is 12.9. The Hall–Kier alpha value is -4.32. The van der Waals surface area contributed by atoms with Crippen LogP contribution in [0.25, 0.3) is 0 Å². The molecule has 3 aromatic rings. The van der Waals surface area contributed by atoms with Crippen molar-refractivity contribution in [2.24, 2.45) is 5.73 Å². The van der Waals surface area contributed by atoms with Crippen molar-refractivity contribution >= 4 is 29.2 Å². The number of ether oxygens (including phenoxy) is 5. The van der Waals surface area contributed by atoms with Crippen LogP contribution in [0.1, 0.15) is 34.3 Å². The summed E-state index contributed by atoms with van der Waals surface area (Å²) in [6.45, 7) is 6.12. The van der Waals surface area contributed by atoms with Gasteiger partial charge in [0.25, 0.3) is 0 Å². The number of rotatable bonds is 9. The third kappa shape index (κ3) is 5.75. The van der Waals surface area contributed by atoms with Gasteiger partial charge in [-0.25, -0.2) is 4.79 Å². The van der Waals surface area contributed by atoms with E-state index in [0.29, 0.717) is 36.0 Å². The van der Waals surface area contributed by atoms with Crippen LogP contribution in [0.5, 0.6) is 28.7 Å². The number of nitrogens with two attached hydrogens (primary N) is 1. The van der Waals surface area contributed by atoms with E-state index < -0.39 is 11.9 Å². The van der Waals surface area contributed by atoms with Crippen LogP contribution >= 0.6 is 23.2 Å². The van der Waals surface area contributed by atoms with Gasteiger partial charge in [0, 0.05) is 11.6 Å². The molecular weight excluding hydrogens is 543 g/mol. The molecule has 200 valence electrons. The van der Waals surface area contributed by atoms with Gasteiger partial charge in [0.2, 0.25) is 5.88 Å². The van der Waals surface area contributed by atoms with Crippen LogP contribution in [-0.4, -0.2) is 26.3 Å². The van der Waals surface area contributed by atoms with Gasteiger partial charge >= 0.3 is 5.97 Å². The molecule has 0 fully saturated rings. The molecule has 10 heteroatoms. The van der Waals surface area contributed by atoms with Crippen molar-refractivity contribution in [2.75, 3.05) is 20.3 Å². The Morgan fingerprint density at radius 1 is 1.13 bits per heavy atom. The maximum Gasteiger partial charge on any atom is 0.343 e. The molecular formula is C29H24Cl2N2O6. The first-order valence-electron chi connectivity index (χ1n) is 11.8. The molecule has 0 radical (unpaired) electrons. The summed E-state index contributed by atoms with van der Waals surface area (Å²) in [5.41, 5.74) is 7.88. The van der Waals surface area contributed by atoms with Crippen molar-refractivity contribution in [2.45, 2.75) is 12.8 Å². The van der Waals surface area contributed by atoms with Crippen LogP contribution in [0, 0.1) is 11.3 Å². The molecule has 0 saturated carbocycles. The van der Waals surface area contributed by atoms with Gasteiger partial charge in [0.15, 0.2) is 17.2 Å². The number of halogens is 2. The summed E-state index contributed by atoms with van der Waals surface area (Å²) in [6.07, 6.45) is 1.63. The standard InChI is InChI=1S/C29H24Cl2N2O6/c1-4-10-37-23-9-6-16(13-25(23)35-3)26-19-8-7-18(14-24(19)39-28(33)20(26)15-32)38-29(34)17-11-21(30)27(36-5-2)22(31)12-17/h4,6-9,11-14,26H,1,5,10,33H2,2-3H3. The quantitative estimate of drug-likeness (QED) is 0.180. The van der Waals surface area contributed by atoms with Crippen LogP contribution in [-0.2, 0) is 0 Å². The predicted octanol–water partition coefficient (Wildman–Crippen LogP) is 6.40. The van der Waals surface area contributed by atoms with Crippen molar-refractivity contribution in [3.05, 3.63) is 99.4 Å². The number of carbonyl (C=O) groups is 1. The summed E-state index contributed by atoms with van der Waals surface area (Å²) in [5, 5.41) is 10.3. The number of nitriles is 1. The molecule has 1 aliphatic heterocycles. The van der Waals surface area contributed by atoms with Crippen molar-refractivity contribution in [3.8, 4) is 34.8 Å². The van der Waals surface area contributed by atoms with E-state index in [1.807, 2.05) is 6.07 Å². The summed E-state index contributed by atoms with van der Waals surface area (Å²) < 4.78 is 27.8. The van der Waals surface area contributed by atoms with Gasteiger partial charge in [0.05, 0.1) is 35.2 Å². The number of hydrogen-bond acceptors (Lipinski definition) is 8. The highest BCUT2D eigenvalue weighted by Crippen LogP contribution is 2.45.